The maximum absolute atomic E-state index is 13.2. The molecule has 152 valence electrons. The van der Waals surface area contributed by atoms with Crippen molar-refractivity contribution in [1.82, 2.24) is 0 Å². The van der Waals surface area contributed by atoms with E-state index in [0.29, 0.717) is 18.0 Å². The van der Waals surface area contributed by atoms with E-state index in [-0.39, 0.29) is 11.0 Å². The van der Waals surface area contributed by atoms with Crippen molar-refractivity contribution < 1.29 is 22.7 Å². The zero-order valence-electron chi connectivity index (χ0n) is 16.1. The second kappa shape index (κ2) is 9.93. The molecule has 0 atom stereocenters. The quantitative estimate of drug-likeness (QED) is 0.509. The fourth-order valence-electron chi connectivity index (χ4n) is 2.39. The van der Waals surface area contributed by atoms with Crippen LogP contribution in [-0.4, -0.2) is 33.6 Å². The van der Waals surface area contributed by atoms with Gasteiger partial charge in [0.05, 0.1) is 23.3 Å². The molecule has 0 fully saturated rings. The van der Waals surface area contributed by atoms with Gasteiger partial charge < -0.3 is 9.47 Å². The van der Waals surface area contributed by atoms with Gasteiger partial charge in [0.1, 0.15) is 12.3 Å². The van der Waals surface area contributed by atoms with Gasteiger partial charge in [-0.3, -0.25) is 9.10 Å². The SMILES string of the molecule is CCCOc1ccc(N(CC(=O)OC(C)C)S(=O)(=O)c2ccc(Br)cc2)cc1. The Bertz CT molecular complexity index is 880. The van der Waals surface area contributed by atoms with Gasteiger partial charge in [-0.25, -0.2) is 8.42 Å². The molecule has 0 aliphatic carbocycles. The van der Waals surface area contributed by atoms with E-state index in [1.165, 1.54) is 12.1 Å². The number of sulfonamides is 1. The number of esters is 1. The summed E-state index contributed by atoms with van der Waals surface area (Å²) in [5.41, 5.74) is 0.354. The van der Waals surface area contributed by atoms with Crippen molar-refractivity contribution in [3.05, 3.63) is 53.0 Å². The summed E-state index contributed by atoms with van der Waals surface area (Å²) >= 11 is 3.29. The number of hydrogen-bond donors (Lipinski definition) is 0. The van der Waals surface area contributed by atoms with E-state index in [0.717, 1.165) is 15.2 Å². The zero-order chi connectivity index (χ0) is 20.7. The van der Waals surface area contributed by atoms with Crippen molar-refractivity contribution in [2.45, 2.75) is 38.2 Å². The highest BCUT2D eigenvalue weighted by atomic mass is 79.9. The summed E-state index contributed by atoms with van der Waals surface area (Å²) in [5.74, 6) is 0.0124. The molecule has 6 nitrogen and oxygen atoms in total. The van der Waals surface area contributed by atoms with E-state index in [2.05, 4.69) is 15.9 Å². The lowest BCUT2D eigenvalue weighted by Gasteiger charge is -2.24. The topological polar surface area (TPSA) is 72.9 Å². The molecule has 0 aliphatic rings. The number of nitrogens with zero attached hydrogens (tertiary/aromatic N) is 1. The lowest BCUT2D eigenvalue weighted by Crippen LogP contribution is -2.37. The maximum atomic E-state index is 13.2. The minimum absolute atomic E-state index is 0.0827. The first kappa shape index (κ1) is 22.2. The highest BCUT2D eigenvalue weighted by Crippen LogP contribution is 2.27. The summed E-state index contributed by atoms with van der Waals surface area (Å²) < 4.78 is 38.9. The van der Waals surface area contributed by atoms with Crippen molar-refractivity contribution in [2.75, 3.05) is 17.5 Å². The van der Waals surface area contributed by atoms with Crippen LogP contribution < -0.4 is 9.04 Å². The fraction of sp³-hybridized carbons (Fsp3) is 0.350. The van der Waals surface area contributed by atoms with Crippen LogP contribution in [0.1, 0.15) is 27.2 Å². The monoisotopic (exact) mass is 469 g/mol. The molecule has 0 radical (unpaired) electrons. The zero-order valence-corrected chi connectivity index (χ0v) is 18.5. The smallest absolute Gasteiger partial charge is 0.327 e. The first-order valence-corrected chi connectivity index (χ1v) is 11.2. The highest BCUT2D eigenvalue weighted by Gasteiger charge is 2.28. The lowest BCUT2D eigenvalue weighted by atomic mass is 10.3. The molecule has 28 heavy (non-hydrogen) atoms. The third-order valence-corrected chi connectivity index (χ3v) is 5.96. The summed E-state index contributed by atoms with van der Waals surface area (Å²) in [6.07, 6.45) is 0.530. The summed E-state index contributed by atoms with van der Waals surface area (Å²) in [5, 5.41) is 0. The second-order valence-corrected chi connectivity index (χ2v) is 9.12. The Balaban J connectivity index is 2.38. The molecule has 0 saturated carbocycles. The van der Waals surface area contributed by atoms with Crippen LogP contribution in [0.2, 0.25) is 0 Å². The normalized spacial score (nSPS) is 11.3. The summed E-state index contributed by atoms with van der Waals surface area (Å²) in [6.45, 7) is 5.57. The van der Waals surface area contributed by atoms with Gasteiger partial charge in [0.2, 0.25) is 0 Å². The Morgan fingerprint density at radius 1 is 1.07 bits per heavy atom. The first-order chi connectivity index (χ1) is 13.2. The molecule has 0 N–H and O–H groups in total. The predicted molar refractivity (Wildman–Crippen MR) is 112 cm³/mol. The van der Waals surface area contributed by atoms with Gasteiger partial charge in [0, 0.05) is 4.47 Å². The van der Waals surface area contributed by atoms with Gasteiger partial charge in [-0.1, -0.05) is 22.9 Å². The first-order valence-electron chi connectivity index (χ1n) is 8.94. The van der Waals surface area contributed by atoms with Gasteiger partial charge in [0.25, 0.3) is 10.0 Å². The average molecular weight is 470 g/mol. The van der Waals surface area contributed by atoms with Crippen molar-refractivity contribution in [3.8, 4) is 5.75 Å². The fourth-order valence-corrected chi connectivity index (χ4v) is 4.07. The lowest BCUT2D eigenvalue weighted by molar-refractivity contribution is -0.145. The molecule has 8 heteroatoms. The van der Waals surface area contributed by atoms with E-state index >= 15 is 0 Å². The van der Waals surface area contributed by atoms with Crippen molar-refractivity contribution in [3.63, 3.8) is 0 Å². The minimum atomic E-state index is -3.96. The molecule has 0 spiro atoms. The van der Waals surface area contributed by atoms with E-state index < -0.39 is 22.5 Å². The third kappa shape index (κ3) is 5.97. The third-order valence-electron chi connectivity index (χ3n) is 3.64. The average Bonchev–Trinajstić information content (AvgIpc) is 2.64. The molecule has 2 aromatic carbocycles. The number of carbonyl (C=O) groups is 1. The van der Waals surface area contributed by atoms with E-state index in [9.17, 15) is 13.2 Å². The number of ether oxygens (including phenoxy) is 2. The molecule has 2 aromatic rings. The van der Waals surface area contributed by atoms with Gasteiger partial charge in [-0.2, -0.15) is 0 Å². The van der Waals surface area contributed by atoms with Crippen LogP contribution in [0, 0.1) is 0 Å². The molecule has 0 unspecified atom stereocenters. The predicted octanol–water partition coefficient (Wildman–Crippen LogP) is 4.38. The van der Waals surface area contributed by atoms with Gasteiger partial charge >= 0.3 is 5.97 Å². The molecule has 0 aliphatic heterocycles. The Hall–Kier alpha value is -2.06. The maximum Gasteiger partial charge on any atom is 0.327 e. The largest absolute Gasteiger partial charge is 0.494 e. The van der Waals surface area contributed by atoms with Crippen LogP contribution >= 0.6 is 15.9 Å². The van der Waals surface area contributed by atoms with Crippen molar-refractivity contribution in [1.29, 1.82) is 0 Å². The number of benzene rings is 2. The molecular weight excluding hydrogens is 446 g/mol. The van der Waals surface area contributed by atoms with Gasteiger partial charge in [0.15, 0.2) is 0 Å². The van der Waals surface area contributed by atoms with Crippen LogP contribution in [0.4, 0.5) is 5.69 Å². The van der Waals surface area contributed by atoms with Gasteiger partial charge in [-0.15, -0.1) is 0 Å². The molecule has 0 heterocycles. The van der Waals surface area contributed by atoms with E-state index in [1.807, 2.05) is 6.92 Å². The molecular formula is C20H24BrNO5S. The number of hydrogen-bond acceptors (Lipinski definition) is 5. The standard InChI is InChI=1S/C20H24BrNO5S/c1-4-13-26-18-9-7-17(8-10-18)22(14-20(23)27-15(2)3)28(24,25)19-11-5-16(21)6-12-19/h5-12,15H,4,13-14H2,1-3H3. The molecule has 2 rings (SSSR count). The molecule has 0 amide bonds. The summed E-state index contributed by atoms with van der Waals surface area (Å²) in [4.78, 5) is 12.3. The van der Waals surface area contributed by atoms with Crippen molar-refractivity contribution >= 4 is 37.6 Å². The molecule has 0 bridgehead atoms. The van der Waals surface area contributed by atoms with Gasteiger partial charge in [-0.05, 0) is 68.8 Å². The van der Waals surface area contributed by atoms with Crippen LogP contribution in [-0.2, 0) is 19.6 Å². The van der Waals surface area contributed by atoms with Crippen LogP contribution in [0.3, 0.4) is 0 Å². The summed E-state index contributed by atoms with van der Waals surface area (Å²) in [6, 6.07) is 12.8. The van der Waals surface area contributed by atoms with E-state index in [1.54, 1.807) is 50.2 Å². The summed E-state index contributed by atoms with van der Waals surface area (Å²) in [7, 11) is -3.96. The van der Waals surface area contributed by atoms with E-state index in [4.69, 9.17) is 9.47 Å². The number of halogens is 1. The van der Waals surface area contributed by atoms with Crippen LogP contribution in [0.5, 0.6) is 5.75 Å². The molecule has 0 saturated heterocycles. The Kier molecular flexibility index (Phi) is 7.88. The Morgan fingerprint density at radius 2 is 1.68 bits per heavy atom. The number of carbonyl (C=O) groups excluding carboxylic acids is 1. The number of anilines is 1. The Labute approximate surface area is 174 Å². The van der Waals surface area contributed by atoms with Crippen LogP contribution in [0.15, 0.2) is 57.9 Å². The second-order valence-electron chi connectivity index (χ2n) is 6.35. The number of rotatable bonds is 9. The Morgan fingerprint density at radius 3 is 2.21 bits per heavy atom. The van der Waals surface area contributed by atoms with Crippen molar-refractivity contribution in [2.24, 2.45) is 0 Å². The van der Waals surface area contributed by atoms with Crippen LogP contribution in [0.25, 0.3) is 0 Å². The minimum Gasteiger partial charge on any atom is -0.494 e. The highest BCUT2D eigenvalue weighted by molar-refractivity contribution is 9.10. The molecule has 0 aromatic heterocycles.